The maximum atomic E-state index is 12.0. The van der Waals surface area contributed by atoms with E-state index < -0.39 is 67.9 Å². The highest BCUT2D eigenvalue weighted by Gasteiger charge is 2.51. The Morgan fingerprint density at radius 3 is 2.48 bits per heavy atom. The Bertz CT molecular complexity index is 935. The number of H-pyrrole nitrogens is 1. The number of hydrogen-bond donors (Lipinski definition) is 7. The summed E-state index contributed by atoms with van der Waals surface area (Å²) in [6.45, 7) is -1.10. The Balaban J connectivity index is 1.68. The number of imidazole rings is 1. The SMILES string of the molecule is Nc1nc2c(ncn2[C@@H]2O[C@H](CO)[C@@H](O)[C@H]2OC2O[C@H](CO)[C@@H](O)[C@H]2O)c(=O)[nH]1. The van der Waals surface area contributed by atoms with Crippen LogP contribution in [0.4, 0.5) is 5.95 Å². The van der Waals surface area contributed by atoms with E-state index >= 15 is 0 Å². The summed E-state index contributed by atoms with van der Waals surface area (Å²) in [7, 11) is 0. The molecule has 160 valence electrons. The van der Waals surface area contributed by atoms with Gasteiger partial charge in [-0.15, -0.1) is 0 Å². The van der Waals surface area contributed by atoms with Crippen LogP contribution in [-0.2, 0) is 14.2 Å². The molecule has 0 aliphatic carbocycles. The van der Waals surface area contributed by atoms with Crippen molar-refractivity contribution >= 4 is 17.1 Å². The van der Waals surface area contributed by atoms with Crippen molar-refractivity contribution < 1.29 is 39.7 Å². The van der Waals surface area contributed by atoms with Crippen LogP contribution in [0.2, 0.25) is 0 Å². The molecule has 2 aliphatic heterocycles. The monoisotopic (exact) mass is 415 g/mol. The van der Waals surface area contributed by atoms with Gasteiger partial charge in [-0.3, -0.25) is 14.3 Å². The van der Waals surface area contributed by atoms with Gasteiger partial charge in [0.1, 0.15) is 36.6 Å². The fraction of sp³-hybridized carbons (Fsp3) is 0.667. The van der Waals surface area contributed by atoms with Gasteiger partial charge in [-0.05, 0) is 0 Å². The number of aromatic amines is 1. The number of nitrogens with zero attached hydrogens (tertiary/aromatic N) is 3. The van der Waals surface area contributed by atoms with Crippen molar-refractivity contribution in [3.05, 3.63) is 16.7 Å². The number of ether oxygens (including phenoxy) is 3. The van der Waals surface area contributed by atoms with Gasteiger partial charge in [0.05, 0.1) is 19.5 Å². The molecule has 2 saturated heterocycles. The van der Waals surface area contributed by atoms with E-state index in [0.29, 0.717) is 0 Å². The van der Waals surface area contributed by atoms with Gasteiger partial charge in [-0.1, -0.05) is 0 Å². The largest absolute Gasteiger partial charge is 0.394 e. The van der Waals surface area contributed by atoms with E-state index in [0.717, 1.165) is 0 Å². The highest BCUT2D eigenvalue weighted by atomic mass is 16.7. The van der Waals surface area contributed by atoms with E-state index in [9.17, 15) is 30.3 Å². The standard InChI is InChI=1S/C15H21N5O9/c16-15-18-11-6(12(26)19-15)17-3-20(11)13-10(8(24)5(2-22)27-13)29-14-9(25)7(23)4(1-21)28-14/h3-5,7-10,13-14,21-25H,1-2H2,(H3,16,18,19,26)/t4-,5-,7-,8-,9-,10-,13-,14?/m1/s1. The number of aliphatic hydroxyl groups excluding tert-OH is 5. The quantitative estimate of drug-likeness (QED) is 0.247. The van der Waals surface area contributed by atoms with Crippen LogP contribution < -0.4 is 11.3 Å². The molecule has 14 heteroatoms. The summed E-state index contributed by atoms with van der Waals surface area (Å²) in [6, 6.07) is 0. The molecule has 2 aromatic heterocycles. The van der Waals surface area contributed by atoms with Crippen LogP contribution in [0.3, 0.4) is 0 Å². The normalized spacial score (nSPS) is 37.6. The molecule has 2 fully saturated rings. The highest BCUT2D eigenvalue weighted by molar-refractivity contribution is 5.70. The van der Waals surface area contributed by atoms with Crippen molar-refractivity contribution in [2.24, 2.45) is 0 Å². The number of nitrogens with one attached hydrogen (secondary N) is 1. The summed E-state index contributed by atoms with van der Waals surface area (Å²) in [5.74, 6) is -0.164. The van der Waals surface area contributed by atoms with Gasteiger partial charge in [0.25, 0.3) is 5.56 Å². The lowest BCUT2D eigenvalue weighted by Gasteiger charge is -2.26. The molecule has 0 radical (unpaired) electrons. The smallest absolute Gasteiger partial charge is 0.280 e. The predicted molar refractivity (Wildman–Crippen MR) is 92.2 cm³/mol. The molecule has 0 aromatic carbocycles. The molecule has 4 heterocycles. The number of nitrogen functional groups attached to an aromatic ring is 1. The Morgan fingerprint density at radius 1 is 1.14 bits per heavy atom. The maximum absolute atomic E-state index is 12.0. The third-order valence-electron chi connectivity index (χ3n) is 5.01. The van der Waals surface area contributed by atoms with Gasteiger partial charge >= 0.3 is 0 Å². The topological polar surface area (TPSA) is 218 Å². The Kier molecular flexibility index (Phi) is 5.26. The van der Waals surface area contributed by atoms with Crippen molar-refractivity contribution in [3.63, 3.8) is 0 Å². The van der Waals surface area contributed by atoms with E-state index in [1.807, 2.05) is 0 Å². The number of rotatable bonds is 5. The Morgan fingerprint density at radius 2 is 1.83 bits per heavy atom. The van der Waals surface area contributed by atoms with Crippen LogP contribution in [0.5, 0.6) is 0 Å². The molecule has 2 aromatic rings. The van der Waals surface area contributed by atoms with E-state index in [1.165, 1.54) is 10.9 Å². The summed E-state index contributed by atoms with van der Waals surface area (Å²) < 4.78 is 17.9. The molecule has 2 aliphatic rings. The minimum Gasteiger partial charge on any atom is -0.394 e. The summed E-state index contributed by atoms with van der Waals surface area (Å²) in [5, 5.41) is 49.2. The van der Waals surface area contributed by atoms with Crippen molar-refractivity contribution in [2.75, 3.05) is 18.9 Å². The molecule has 0 spiro atoms. The third-order valence-corrected chi connectivity index (χ3v) is 5.01. The zero-order valence-electron chi connectivity index (χ0n) is 14.9. The summed E-state index contributed by atoms with van der Waals surface area (Å²) >= 11 is 0. The number of aliphatic hydroxyl groups is 5. The second-order valence-electron chi connectivity index (χ2n) is 6.82. The first kappa shape index (κ1) is 20.1. The molecule has 14 nitrogen and oxygen atoms in total. The average Bonchev–Trinajstić information content (AvgIpc) is 3.32. The van der Waals surface area contributed by atoms with Crippen molar-refractivity contribution in [2.45, 2.75) is 49.1 Å². The number of fused-ring (bicyclic) bond motifs is 1. The molecule has 8 atom stereocenters. The zero-order valence-corrected chi connectivity index (χ0v) is 14.9. The van der Waals surface area contributed by atoms with Gasteiger partial charge in [-0.25, -0.2) is 4.98 Å². The second kappa shape index (κ2) is 7.58. The molecular weight excluding hydrogens is 394 g/mol. The van der Waals surface area contributed by atoms with Crippen LogP contribution in [0.25, 0.3) is 11.2 Å². The van der Waals surface area contributed by atoms with Gasteiger partial charge in [0.2, 0.25) is 5.95 Å². The van der Waals surface area contributed by atoms with Crippen LogP contribution in [0.1, 0.15) is 6.23 Å². The van der Waals surface area contributed by atoms with E-state index in [1.54, 1.807) is 0 Å². The number of anilines is 1. The van der Waals surface area contributed by atoms with E-state index in [4.69, 9.17) is 19.9 Å². The first-order valence-corrected chi connectivity index (χ1v) is 8.80. The van der Waals surface area contributed by atoms with Crippen LogP contribution >= 0.6 is 0 Å². The van der Waals surface area contributed by atoms with Gasteiger partial charge in [0, 0.05) is 0 Å². The molecule has 4 rings (SSSR count). The fourth-order valence-corrected chi connectivity index (χ4v) is 3.50. The predicted octanol–water partition coefficient (Wildman–Crippen LogP) is -4.22. The molecule has 0 amide bonds. The molecule has 0 bridgehead atoms. The fourth-order valence-electron chi connectivity index (χ4n) is 3.50. The van der Waals surface area contributed by atoms with Gasteiger partial charge in [0.15, 0.2) is 23.7 Å². The second-order valence-corrected chi connectivity index (χ2v) is 6.82. The first-order valence-electron chi connectivity index (χ1n) is 8.80. The lowest BCUT2D eigenvalue weighted by Crippen LogP contribution is -2.42. The molecule has 29 heavy (non-hydrogen) atoms. The summed E-state index contributed by atoms with van der Waals surface area (Å²) in [4.78, 5) is 22.3. The lowest BCUT2D eigenvalue weighted by atomic mass is 10.1. The van der Waals surface area contributed by atoms with E-state index in [-0.39, 0.29) is 17.1 Å². The third kappa shape index (κ3) is 3.28. The van der Waals surface area contributed by atoms with Crippen molar-refractivity contribution in [1.29, 1.82) is 0 Å². The minimum absolute atomic E-state index is 0.0311. The highest BCUT2D eigenvalue weighted by Crippen LogP contribution is 2.36. The average molecular weight is 415 g/mol. The number of nitrogens with two attached hydrogens (primary N) is 1. The van der Waals surface area contributed by atoms with Crippen LogP contribution in [0.15, 0.2) is 11.1 Å². The van der Waals surface area contributed by atoms with Gasteiger partial charge < -0.3 is 45.5 Å². The molecular formula is C15H21N5O9. The summed E-state index contributed by atoms with van der Waals surface area (Å²) in [5.41, 5.74) is 5.03. The minimum atomic E-state index is -1.50. The number of aromatic nitrogens is 4. The van der Waals surface area contributed by atoms with Crippen molar-refractivity contribution in [1.82, 2.24) is 19.5 Å². The Labute approximate surface area is 162 Å². The first-order chi connectivity index (χ1) is 13.8. The van der Waals surface area contributed by atoms with Crippen LogP contribution in [-0.4, -0.2) is 101 Å². The number of hydrogen-bond acceptors (Lipinski definition) is 12. The Hall–Kier alpha value is -2.17. The molecule has 0 saturated carbocycles. The molecule has 8 N–H and O–H groups in total. The van der Waals surface area contributed by atoms with Crippen LogP contribution in [0, 0.1) is 0 Å². The van der Waals surface area contributed by atoms with E-state index in [2.05, 4.69) is 15.0 Å². The zero-order chi connectivity index (χ0) is 20.9. The maximum Gasteiger partial charge on any atom is 0.280 e. The van der Waals surface area contributed by atoms with Crippen molar-refractivity contribution in [3.8, 4) is 0 Å². The lowest BCUT2D eigenvalue weighted by molar-refractivity contribution is -0.219. The summed E-state index contributed by atoms with van der Waals surface area (Å²) in [6.07, 6.45) is -8.87. The van der Waals surface area contributed by atoms with Gasteiger partial charge in [-0.2, -0.15) is 4.98 Å². The molecule has 1 unspecified atom stereocenters.